The normalized spacial score (nSPS) is 21.1. The van der Waals surface area contributed by atoms with Gasteiger partial charge in [-0.25, -0.2) is 14.4 Å². The lowest BCUT2D eigenvalue weighted by Gasteiger charge is -2.28. The molecule has 1 saturated carbocycles. The van der Waals surface area contributed by atoms with Gasteiger partial charge in [-0.1, -0.05) is 31.2 Å². The summed E-state index contributed by atoms with van der Waals surface area (Å²) in [5.74, 6) is 2.13. The third-order valence-corrected chi connectivity index (χ3v) is 7.57. The molecule has 0 atom stereocenters. The Morgan fingerprint density at radius 2 is 1.88 bits per heavy atom. The summed E-state index contributed by atoms with van der Waals surface area (Å²) in [5, 5.41) is 5.66. The number of nitrogens with one attached hydrogen (secondary N) is 1. The summed E-state index contributed by atoms with van der Waals surface area (Å²) in [6.07, 6.45) is 7.68. The minimum atomic E-state index is -0.307. The van der Waals surface area contributed by atoms with E-state index >= 15 is 0 Å². The molecule has 2 aliphatic rings. The zero-order chi connectivity index (χ0) is 23.1. The summed E-state index contributed by atoms with van der Waals surface area (Å²) in [7, 11) is 0. The topological polar surface area (TPSA) is 58.9 Å². The molecule has 0 amide bonds. The van der Waals surface area contributed by atoms with Crippen LogP contribution in [0, 0.1) is 5.92 Å². The molecule has 6 nitrogen and oxygen atoms in total. The van der Waals surface area contributed by atoms with Crippen molar-refractivity contribution >= 4 is 33.7 Å². The third kappa shape index (κ3) is 3.92. The van der Waals surface area contributed by atoms with Crippen molar-refractivity contribution in [3.8, 4) is 0 Å². The van der Waals surface area contributed by atoms with Crippen LogP contribution in [0.1, 0.15) is 49.9 Å². The van der Waals surface area contributed by atoms with Gasteiger partial charge in [-0.05, 0) is 49.3 Å². The molecule has 34 heavy (non-hydrogen) atoms. The first-order chi connectivity index (χ1) is 16.7. The Labute approximate surface area is 199 Å². The molecule has 1 aliphatic heterocycles. The first-order valence-corrected chi connectivity index (χ1v) is 12.5. The van der Waals surface area contributed by atoms with Crippen LogP contribution >= 0.6 is 0 Å². The number of hydrogen-bond donors (Lipinski definition) is 1. The molecule has 0 radical (unpaired) electrons. The van der Waals surface area contributed by atoms with Gasteiger partial charge in [0.1, 0.15) is 18.1 Å². The maximum Gasteiger partial charge on any atom is 0.230 e. The Morgan fingerprint density at radius 1 is 1.03 bits per heavy atom. The highest BCUT2D eigenvalue weighted by Gasteiger charge is 2.24. The van der Waals surface area contributed by atoms with Crippen LogP contribution < -0.4 is 5.32 Å². The van der Waals surface area contributed by atoms with E-state index in [1.165, 1.54) is 42.1 Å². The smallest absolute Gasteiger partial charge is 0.230 e. The zero-order valence-corrected chi connectivity index (χ0v) is 19.7. The van der Waals surface area contributed by atoms with Gasteiger partial charge in [0.2, 0.25) is 5.95 Å². The van der Waals surface area contributed by atoms with E-state index in [1.807, 2.05) is 12.3 Å². The number of pyridine rings is 1. The maximum atomic E-state index is 12.7. The minimum absolute atomic E-state index is 0.307. The van der Waals surface area contributed by atoms with E-state index in [4.69, 9.17) is 9.97 Å². The second-order valence-electron chi connectivity index (χ2n) is 9.87. The van der Waals surface area contributed by atoms with E-state index in [-0.39, 0.29) is 6.67 Å². The van der Waals surface area contributed by atoms with Crippen LogP contribution in [0.15, 0.2) is 42.6 Å². The number of rotatable bonds is 5. The van der Waals surface area contributed by atoms with Gasteiger partial charge >= 0.3 is 0 Å². The number of nitrogens with zero attached hydrogens (tertiary/aromatic N) is 5. The van der Waals surface area contributed by atoms with Crippen molar-refractivity contribution in [1.29, 1.82) is 0 Å². The molecule has 1 aliphatic carbocycles. The number of anilines is 2. The number of para-hydroxylation sites is 1. The van der Waals surface area contributed by atoms with Crippen molar-refractivity contribution in [3.05, 3.63) is 53.9 Å². The Hall–Kier alpha value is -3.06. The maximum absolute atomic E-state index is 12.7. The van der Waals surface area contributed by atoms with Crippen LogP contribution in [-0.2, 0) is 13.0 Å². The van der Waals surface area contributed by atoms with Crippen LogP contribution in [-0.4, -0.2) is 44.2 Å². The molecular weight excluding hydrogens is 427 g/mol. The second-order valence-corrected chi connectivity index (χ2v) is 9.87. The predicted octanol–water partition coefficient (Wildman–Crippen LogP) is 5.80. The first kappa shape index (κ1) is 21.5. The van der Waals surface area contributed by atoms with Gasteiger partial charge in [-0.3, -0.25) is 4.90 Å². The van der Waals surface area contributed by atoms with Crippen molar-refractivity contribution < 1.29 is 4.39 Å². The molecule has 0 bridgehead atoms. The first-order valence-electron chi connectivity index (χ1n) is 12.5. The summed E-state index contributed by atoms with van der Waals surface area (Å²) in [4.78, 5) is 16.6. The Kier molecular flexibility index (Phi) is 5.65. The summed E-state index contributed by atoms with van der Waals surface area (Å²) < 4.78 is 15.2. The van der Waals surface area contributed by atoms with Crippen molar-refractivity contribution in [2.45, 2.75) is 51.6 Å². The lowest BCUT2D eigenvalue weighted by Crippen LogP contribution is -2.32. The molecule has 0 unspecified atom stereocenters. The number of hydrogen-bond acceptors (Lipinski definition) is 5. The predicted molar refractivity (Wildman–Crippen MR) is 134 cm³/mol. The number of halogens is 1. The third-order valence-electron chi connectivity index (χ3n) is 7.57. The molecule has 0 saturated heterocycles. The molecule has 0 spiro atoms. The van der Waals surface area contributed by atoms with Gasteiger partial charge in [0, 0.05) is 54.8 Å². The second kappa shape index (κ2) is 8.95. The SMILES string of the molecule is CC1CCC(n2c3ccccc3c3cnc(Nc4ccc5c(n4)CCN(CCF)C5)nc32)CC1. The van der Waals surface area contributed by atoms with Gasteiger partial charge in [-0.15, -0.1) is 0 Å². The Balaban J connectivity index is 1.33. The number of fused-ring (bicyclic) bond motifs is 4. The number of alkyl halides is 1. The van der Waals surface area contributed by atoms with E-state index < -0.39 is 0 Å². The highest BCUT2D eigenvalue weighted by molar-refractivity contribution is 6.06. The highest BCUT2D eigenvalue weighted by Crippen LogP contribution is 2.38. The molecule has 6 rings (SSSR count). The van der Waals surface area contributed by atoms with Gasteiger partial charge in [0.25, 0.3) is 0 Å². The molecule has 1 aromatic carbocycles. The zero-order valence-electron chi connectivity index (χ0n) is 19.7. The van der Waals surface area contributed by atoms with E-state index in [1.54, 1.807) is 0 Å². The largest absolute Gasteiger partial charge is 0.322 e. The van der Waals surface area contributed by atoms with E-state index in [0.29, 0.717) is 18.5 Å². The molecule has 1 fully saturated rings. The molecular formula is C27H31FN6. The van der Waals surface area contributed by atoms with Crippen molar-refractivity contribution in [2.24, 2.45) is 5.92 Å². The van der Waals surface area contributed by atoms with Gasteiger partial charge in [0.15, 0.2) is 0 Å². The number of benzene rings is 1. The van der Waals surface area contributed by atoms with Crippen LogP contribution in [0.4, 0.5) is 16.2 Å². The van der Waals surface area contributed by atoms with Gasteiger partial charge < -0.3 is 9.88 Å². The quantitative estimate of drug-likeness (QED) is 0.409. The molecule has 176 valence electrons. The molecule has 4 aromatic rings. The van der Waals surface area contributed by atoms with Crippen LogP contribution in [0.2, 0.25) is 0 Å². The van der Waals surface area contributed by atoms with Crippen LogP contribution in [0.25, 0.3) is 21.9 Å². The molecule has 7 heteroatoms. The fraction of sp³-hybridized carbons (Fsp3) is 0.444. The lowest BCUT2D eigenvalue weighted by atomic mass is 9.87. The minimum Gasteiger partial charge on any atom is -0.322 e. The average molecular weight is 459 g/mol. The molecule has 3 aromatic heterocycles. The Bertz CT molecular complexity index is 1320. The molecule has 1 N–H and O–H groups in total. The van der Waals surface area contributed by atoms with E-state index in [2.05, 4.69) is 57.0 Å². The van der Waals surface area contributed by atoms with Crippen LogP contribution in [0.3, 0.4) is 0 Å². The van der Waals surface area contributed by atoms with E-state index in [0.717, 1.165) is 48.0 Å². The van der Waals surface area contributed by atoms with Crippen molar-refractivity contribution in [2.75, 3.05) is 25.1 Å². The Morgan fingerprint density at radius 3 is 2.74 bits per heavy atom. The highest BCUT2D eigenvalue weighted by atomic mass is 19.1. The fourth-order valence-electron chi connectivity index (χ4n) is 5.67. The van der Waals surface area contributed by atoms with Gasteiger partial charge in [-0.2, -0.15) is 4.98 Å². The summed E-state index contributed by atoms with van der Waals surface area (Å²) >= 11 is 0. The summed E-state index contributed by atoms with van der Waals surface area (Å²) in [5.41, 5.74) is 4.49. The van der Waals surface area contributed by atoms with Gasteiger partial charge in [0.05, 0.1) is 5.52 Å². The summed E-state index contributed by atoms with van der Waals surface area (Å²) in [6, 6.07) is 13.1. The average Bonchev–Trinajstić information content (AvgIpc) is 3.18. The van der Waals surface area contributed by atoms with Crippen molar-refractivity contribution in [1.82, 2.24) is 24.4 Å². The standard InChI is InChI=1S/C27H31FN6/c1-18-6-9-20(10-7-18)34-24-5-3-2-4-21(24)22-16-29-27(32-26(22)34)31-25-11-8-19-17-33(15-13-28)14-12-23(19)30-25/h2-5,8,11,16,18,20H,6-7,9-10,12-15,17H2,1H3,(H,29,30,31,32). The number of aromatic nitrogens is 4. The molecule has 4 heterocycles. The van der Waals surface area contributed by atoms with Crippen LogP contribution in [0.5, 0.6) is 0 Å². The summed E-state index contributed by atoms with van der Waals surface area (Å²) in [6.45, 7) is 4.14. The fourth-order valence-corrected chi connectivity index (χ4v) is 5.67. The van der Waals surface area contributed by atoms with E-state index in [9.17, 15) is 4.39 Å². The lowest BCUT2D eigenvalue weighted by molar-refractivity contribution is 0.229. The monoisotopic (exact) mass is 458 g/mol. The van der Waals surface area contributed by atoms with Crippen molar-refractivity contribution in [3.63, 3.8) is 0 Å².